The minimum Gasteiger partial charge on any atom is -0.352 e. The van der Waals surface area contributed by atoms with Gasteiger partial charge in [0.1, 0.15) is 0 Å². The van der Waals surface area contributed by atoms with Crippen LogP contribution in [-0.2, 0) is 4.79 Å². The number of hydrogen-bond acceptors (Lipinski definition) is 4. The Balaban J connectivity index is 1.39. The van der Waals surface area contributed by atoms with Crippen molar-refractivity contribution >= 4 is 70.3 Å². The molecule has 0 radical (unpaired) electrons. The Morgan fingerprint density at radius 2 is 1.86 bits per heavy atom. The molecule has 1 atom stereocenters. The largest absolute Gasteiger partial charge is 0.352 e. The molecule has 180 valence electrons. The molecule has 0 bridgehead atoms. The van der Waals surface area contributed by atoms with Gasteiger partial charge in [0.2, 0.25) is 0 Å². The first-order chi connectivity index (χ1) is 16.8. The molecule has 1 N–H and O–H groups in total. The van der Waals surface area contributed by atoms with Crippen LogP contribution in [0.3, 0.4) is 0 Å². The van der Waals surface area contributed by atoms with Crippen LogP contribution in [-0.4, -0.2) is 31.2 Å². The van der Waals surface area contributed by atoms with E-state index in [0.29, 0.717) is 22.0 Å². The van der Waals surface area contributed by atoms with E-state index < -0.39 is 0 Å². The Kier molecular flexibility index (Phi) is 8.50. The van der Waals surface area contributed by atoms with E-state index in [1.54, 1.807) is 48.0 Å². The van der Waals surface area contributed by atoms with E-state index in [1.165, 1.54) is 11.8 Å². The summed E-state index contributed by atoms with van der Waals surface area (Å²) >= 11 is 15.3. The van der Waals surface area contributed by atoms with Gasteiger partial charge in [-0.05, 0) is 66.1 Å². The SMILES string of the molecule is C[C@H](CNC(=O)c1ccc2c(c1)N(C)C(=O)/C(=C\c1ccccc1Cl)S2)CSc1ccc(Cl)cc1. The average molecular weight is 544 g/mol. The minimum absolute atomic E-state index is 0.132. The molecular weight excluding hydrogens is 519 g/mol. The monoisotopic (exact) mass is 542 g/mol. The van der Waals surface area contributed by atoms with Crippen molar-refractivity contribution in [3.8, 4) is 0 Å². The molecule has 0 fully saturated rings. The van der Waals surface area contributed by atoms with E-state index in [1.807, 2.05) is 48.5 Å². The molecule has 4 rings (SSSR count). The number of likely N-dealkylation sites (N-methyl/N-ethyl adjacent to an activating group) is 1. The second-order valence-corrected chi connectivity index (χ2v) is 11.3. The zero-order valence-corrected chi connectivity index (χ0v) is 22.4. The van der Waals surface area contributed by atoms with Crippen LogP contribution in [0.15, 0.2) is 81.4 Å². The highest BCUT2D eigenvalue weighted by molar-refractivity contribution is 8.04. The highest BCUT2D eigenvalue weighted by Gasteiger charge is 2.27. The highest BCUT2D eigenvalue weighted by Crippen LogP contribution is 2.42. The summed E-state index contributed by atoms with van der Waals surface area (Å²) in [7, 11) is 1.72. The van der Waals surface area contributed by atoms with Crippen molar-refractivity contribution in [3.63, 3.8) is 0 Å². The number of hydrogen-bond donors (Lipinski definition) is 1. The number of fused-ring (bicyclic) bond motifs is 1. The third-order valence-electron chi connectivity index (χ3n) is 5.47. The predicted molar refractivity (Wildman–Crippen MR) is 149 cm³/mol. The van der Waals surface area contributed by atoms with Crippen molar-refractivity contribution in [2.75, 3.05) is 24.2 Å². The number of carbonyl (C=O) groups excluding carboxylic acids is 2. The highest BCUT2D eigenvalue weighted by atomic mass is 35.5. The van der Waals surface area contributed by atoms with Crippen molar-refractivity contribution in [1.29, 1.82) is 0 Å². The molecule has 0 spiro atoms. The van der Waals surface area contributed by atoms with E-state index in [-0.39, 0.29) is 17.7 Å². The van der Waals surface area contributed by atoms with Gasteiger partial charge in [-0.15, -0.1) is 11.8 Å². The molecule has 1 aliphatic rings. The molecule has 1 heterocycles. The summed E-state index contributed by atoms with van der Waals surface area (Å²) in [4.78, 5) is 30.0. The van der Waals surface area contributed by atoms with E-state index in [9.17, 15) is 9.59 Å². The number of thioether (sulfide) groups is 2. The number of anilines is 1. The summed E-state index contributed by atoms with van der Waals surface area (Å²) in [5.41, 5.74) is 2.04. The number of nitrogens with one attached hydrogen (secondary N) is 1. The molecular formula is C27H24Cl2N2O2S2. The lowest BCUT2D eigenvalue weighted by Gasteiger charge is -2.27. The average Bonchev–Trinajstić information content (AvgIpc) is 2.86. The minimum atomic E-state index is -0.153. The van der Waals surface area contributed by atoms with E-state index >= 15 is 0 Å². The van der Waals surface area contributed by atoms with Crippen molar-refractivity contribution in [2.24, 2.45) is 5.92 Å². The Morgan fingerprint density at radius 3 is 2.60 bits per heavy atom. The van der Waals surface area contributed by atoms with Crippen molar-refractivity contribution in [1.82, 2.24) is 5.32 Å². The molecule has 4 nitrogen and oxygen atoms in total. The van der Waals surface area contributed by atoms with E-state index in [2.05, 4.69) is 12.2 Å². The zero-order chi connectivity index (χ0) is 24.9. The molecule has 2 amide bonds. The molecule has 0 aromatic heterocycles. The van der Waals surface area contributed by atoms with E-state index in [0.717, 1.165) is 31.8 Å². The summed E-state index contributed by atoms with van der Waals surface area (Å²) in [6, 6.07) is 20.6. The maximum atomic E-state index is 13.0. The summed E-state index contributed by atoms with van der Waals surface area (Å²) in [5.74, 6) is 0.877. The van der Waals surface area contributed by atoms with Gasteiger partial charge in [-0.25, -0.2) is 0 Å². The quantitative estimate of drug-likeness (QED) is 0.252. The van der Waals surface area contributed by atoms with Gasteiger partial charge in [0.25, 0.3) is 11.8 Å². The van der Waals surface area contributed by atoms with Crippen molar-refractivity contribution in [2.45, 2.75) is 16.7 Å². The maximum Gasteiger partial charge on any atom is 0.264 e. The Hall–Kier alpha value is -2.38. The number of rotatable bonds is 7. The lowest BCUT2D eigenvalue weighted by atomic mass is 10.1. The van der Waals surface area contributed by atoms with Gasteiger partial charge < -0.3 is 10.2 Å². The summed E-state index contributed by atoms with van der Waals surface area (Å²) in [6.07, 6.45) is 1.80. The van der Waals surface area contributed by atoms with Crippen LogP contribution >= 0.6 is 46.7 Å². The molecule has 3 aromatic carbocycles. The maximum absolute atomic E-state index is 13.0. The van der Waals surface area contributed by atoms with Gasteiger partial charge in [0, 0.05) is 44.7 Å². The Morgan fingerprint density at radius 1 is 1.11 bits per heavy atom. The summed E-state index contributed by atoms with van der Waals surface area (Å²) in [6.45, 7) is 2.66. The third-order valence-corrected chi connectivity index (χ3v) is 8.48. The normalized spacial score (nSPS) is 15.1. The number of carbonyl (C=O) groups is 2. The molecule has 1 aliphatic heterocycles. The first-order valence-corrected chi connectivity index (χ1v) is 13.6. The summed E-state index contributed by atoms with van der Waals surface area (Å²) < 4.78 is 0. The number of halogens is 2. The van der Waals surface area contributed by atoms with Crippen LogP contribution in [0.25, 0.3) is 6.08 Å². The van der Waals surface area contributed by atoms with Crippen LogP contribution in [0.4, 0.5) is 5.69 Å². The summed E-state index contributed by atoms with van der Waals surface area (Å²) in [5, 5.41) is 4.33. The van der Waals surface area contributed by atoms with Gasteiger partial charge in [-0.1, -0.05) is 60.1 Å². The second-order valence-electron chi connectivity index (χ2n) is 8.26. The third kappa shape index (κ3) is 6.44. The number of amides is 2. The van der Waals surface area contributed by atoms with Crippen LogP contribution in [0.1, 0.15) is 22.8 Å². The molecule has 0 saturated carbocycles. The Labute approximate surface area is 224 Å². The van der Waals surface area contributed by atoms with Gasteiger partial charge in [0.15, 0.2) is 0 Å². The number of nitrogens with zero attached hydrogens (tertiary/aromatic N) is 1. The first-order valence-electron chi connectivity index (χ1n) is 11.0. The molecule has 0 aliphatic carbocycles. The molecule has 0 saturated heterocycles. The van der Waals surface area contributed by atoms with Crippen LogP contribution in [0.2, 0.25) is 10.0 Å². The fraction of sp³-hybridized carbons (Fsp3) is 0.185. The van der Waals surface area contributed by atoms with Gasteiger partial charge >= 0.3 is 0 Å². The van der Waals surface area contributed by atoms with Crippen LogP contribution in [0.5, 0.6) is 0 Å². The zero-order valence-electron chi connectivity index (χ0n) is 19.3. The fourth-order valence-electron chi connectivity index (χ4n) is 3.47. The van der Waals surface area contributed by atoms with E-state index in [4.69, 9.17) is 23.2 Å². The standard InChI is InChI=1S/C27H24Cl2N2O2S2/c1-17(16-34-21-10-8-20(28)9-11-21)15-30-26(32)19-7-12-24-23(13-19)31(2)27(33)25(35-24)14-18-5-3-4-6-22(18)29/h3-14,17H,15-16H2,1-2H3,(H,30,32)/b25-14+/t17-/m1/s1. The molecule has 8 heteroatoms. The molecule has 0 unspecified atom stereocenters. The number of benzene rings is 3. The lowest BCUT2D eigenvalue weighted by Crippen LogP contribution is -2.32. The Bertz CT molecular complexity index is 1280. The fourth-order valence-corrected chi connectivity index (χ4v) is 5.79. The van der Waals surface area contributed by atoms with Crippen LogP contribution < -0.4 is 10.2 Å². The molecule has 35 heavy (non-hydrogen) atoms. The second kappa shape index (κ2) is 11.6. The first kappa shape index (κ1) is 25.7. The predicted octanol–water partition coefficient (Wildman–Crippen LogP) is 7.26. The smallest absolute Gasteiger partial charge is 0.264 e. The van der Waals surface area contributed by atoms with Gasteiger partial charge in [0.05, 0.1) is 10.6 Å². The van der Waals surface area contributed by atoms with Crippen molar-refractivity contribution in [3.05, 3.63) is 92.8 Å². The van der Waals surface area contributed by atoms with Gasteiger partial charge in [-0.3, -0.25) is 9.59 Å². The topological polar surface area (TPSA) is 49.4 Å². The molecule has 3 aromatic rings. The van der Waals surface area contributed by atoms with Crippen LogP contribution in [0, 0.1) is 5.92 Å². The van der Waals surface area contributed by atoms with Gasteiger partial charge in [-0.2, -0.15) is 0 Å². The van der Waals surface area contributed by atoms with Crippen molar-refractivity contribution < 1.29 is 9.59 Å². The lowest BCUT2D eigenvalue weighted by molar-refractivity contribution is -0.114.